The van der Waals surface area contributed by atoms with Gasteiger partial charge in [-0.15, -0.1) is 0 Å². The topological polar surface area (TPSA) is 29.4 Å². The summed E-state index contributed by atoms with van der Waals surface area (Å²) in [6.07, 6.45) is 3.63. The normalized spacial score (nSPS) is 30.2. The van der Waals surface area contributed by atoms with Gasteiger partial charge in [0.05, 0.1) is 5.54 Å². The smallest absolute Gasteiger partial charge is 0.211 e. The van der Waals surface area contributed by atoms with Crippen LogP contribution in [-0.2, 0) is 10.3 Å². The van der Waals surface area contributed by atoms with E-state index >= 15 is 0 Å². The van der Waals surface area contributed by atoms with E-state index in [2.05, 4.69) is 11.9 Å². The lowest BCUT2D eigenvalue weighted by atomic mass is 9.66. The van der Waals surface area contributed by atoms with Crippen molar-refractivity contribution >= 4 is 6.08 Å². The first-order valence-electron chi connectivity index (χ1n) is 4.91. The van der Waals surface area contributed by atoms with Gasteiger partial charge in [0.1, 0.15) is 0 Å². The summed E-state index contributed by atoms with van der Waals surface area (Å²) in [6, 6.07) is 10.0. The van der Waals surface area contributed by atoms with Gasteiger partial charge in [0, 0.05) is 0 Å². The van der Waals surface area contributed by atoms with Gasteiger partial charge in [0.2, 0.25) is 6.08 Å². The third-order valence-electron chi connectivity index (χ3n) is 2.94. The van der Waals surface area contributed by atoms with Crippen molar-refractivity contribution in [2.75, 3.05) is 0 Å². The van der Waals surface area contributed by atoms with Crippen LogP contribution in [0, 0.1) is 5.92 Å². The molecule has 0 aromatic heterocycles. The van der Waals surface area contributed by atoms with E-state index in [1.54, 1.807) is 6.08 Å². The summed E-state index contributed by atoms with van der Waals surface area (Å²) in [5.74, 6) is 0.660. The third kappa shape index (κ3) is 1.38. The van der Waals surface area contributed by atoms with Crippen molar-refractivity contribution in [3.63, 3.8) is 0 Å². The van der Waals surface area contributed by atoms with Crippen molar-refractivity contribution in [3.05, 3.63) is 35.9 Å². The molecule has 0 amide bonds. The summed E-state index contributed by atoms with van der Waals surface area (Å²) >= 11 is 0. The molecule has 0 radical (unpaired) electrons. The highest BCUT2D eigenvalue weighted by Crippen LogP contribution is 2.48. The van der Waals surface area contributed by atoms with Gasteiger partial charge in [-0.3, -0.25) is 0 Å². The van der Waals surface area contributed by atoms with Gasteiger partial charge in [-0.1, -0.05) is 37.3 Å². The zero-order valence-corrected chi connectivity index (χ0v) is 8.23. The Labute approximate surface area is 83.7 Å². The van der Waals surface area contributed by atoms with E-state index in [1.165, 1.54) is 0 Å². The molecule has 0 saturated heterocycles. The summed E-state index contributed by atoms with van der Waals surface area (Å²) in [4.78, 5) is 14.4. The fraction of sp³-hybridized carbons (Fsp3) is 0.417. The van der Waals surface area contributed by atoms with Crippen LogP contribution in [-0.4, -0.2) is 6.08 Å². The fourth-order valence-corrected chi connectivity index (χ4v) is 2.32. The molecule has 0 bridgehead atoms. The van der Waals surface area contributed by atoms with Crippen LogP contribution >= 0.6 is 0 Å². The Morgan fingerprint density at radius 2 is 2.00 bits per heavy atom. The molecule has 1 aliphatic carbocycles. The highest BCUT2D eigenvalue weighted by molar-refractivity contribution is 5.39. The van der Waals surface area contributed by atoms with E-state index in [1.807, 2.05) is 30.3 Å². The fourth-order valence-electron chi connectivity index (χ4n) is 2.32. The van der Waals surface area contributed by atoms with Gasteiger partial charge in [-0.25, -0.2) is 4.79 Å². The maximum absolute atomic E-state index is 10.4. The van der Waals surface area contributed by atoms with Crippen LogP contribution in [0.25, 0.3) is 0 Å². The van der Waals surface area contributed by atoms with Crippen molar-refractivity contribution in [1.82, 2.24) is 0 Å². The lowest BCUT2D eigenvalue weighted by Gasteiger charge is -2.42. The number of hydrogen-bond acceptors (Lipinski definition) is 2. The van der Waals surface area contributed by atoms with Crippen molar-refractivity contribution in [3.8, 4) is 0 Å². The summed E-state index contributed by atoms with van der Waals surface area (Å²) < 4.78 is 0. The van der Waals surface area contributed by atoms with Crippen molar-refractivity contribution in [2.24, 2.45) is 10.9 Å². The van der Waals surface area contributed by atoms with E-state index in [4.69, 9.17) is 0 Å². The molecule has 1 aliphatic rings. The number of nitrogens with zero attached hydrogens (tertiary/aromatic N) is 1. The van der Waals surface area contributed by atoms with Crippen molar-refractivity contribution < 1.29 is 4.79 Å². The zero-order valence-electron chi connectivity index (χ0n) is 8.23. The Morgan fingerprint density at radius 3 is 2.50 bits per heavy atom. The maximum atomic E-state index is 10.4. The Balaban J connectivity index is 2.34. The molecule has 72 valence electrons. The van der Waals surface area contributed by atoms with Gasteiger partial charge >= 0.3 is 0 Å². The summed E-state index contributed by atoms with van der Waals surface area (Å²) in [6.45, 7) is 2.18. The molecule has 0 heterocycles. The molecule has 0 N–H and O–H groups in total. The highest BCUT2D eigenvalue weighted by Gasteiger charge is 2.43. The second-order valence-corrected chi connectivity index (χ2v) is 4.11. The van der Waals surface area contributed by atoms with E-state index < -0.39 is 0 Å². The van der Waals surface area contributed by atoms with Crippen molar-refractivity contribution in [2.45, 2.75) is 25.3 Å². The number of hydrogen-bond donors (Lipinski definition) is 0. The van der Waals surface area contributed by atoms with Gasteiger partial charge in [0.25, 0.3) is 0 Å². The molecule has 1 aromatic carbocycles. The summed E-state index contributed by atoms with van der Waals surface area (Å²) in [5, 5.41) is 0. The predicted octanol–water partition coefficient (Wildman–Crippen LogP) is 2.65. The van der Waals surface area contributed by atoms with E-state index in [-0.39, 0.29) is 5.54 Å². The number of carbonyl (C=O) groups excluding carboxylic acids is 1. The number of rotatable bonds is 2. The summed E-state index contributed by atoms with van der Waals surface area (Å²) in [5.41, 5.74) is 0.879. The van der Waals surface area contributed by atoms with Crippen LogP contribution in [0.1, 0.15) is 25.3 Å². The van der Waals surface area contributed by atoms with Gasteiger partial charge < -0.3 is 0 Å². The molecule has 0 aliphatic heterocycles. The molecular weight excluding hydrogens is 174 g/mol. The molecule has 2 rings (SSSR count). The van der Waals surface area contributed by atoms with Crippen LogP contribution in [0.2, 0.25) is 0 Å². The van der Waals surface area contributed by atoms with E-state index in [0.29, 0.717) is 5.92 Å². The molecule has 2 nitrogen and oxygen atoms in total. The lowest BCUT2D eigenvalue weighted by Crippen LogP contribution is -2.38. The van der Waals surface area contributed by atoms with Gasteiger partial charge in [0.15, 0.2) is 0 Å². The Morgan fingerprint density at radius 1 is 1.36 bits per heavy atom. The molecule has 14 heavy (non-hydrogen) atoms. The van der Waals surface area contributed by atoms with Crippen LogP contribution < -0.4 is 0 Å². The minimum Gasteiger partial charge on any atom is -0.211 e. The quantitative estimate of drug-likeness (QED) is 0.517. The van der Waals surface area contributed by atoms with Gasteiger partial charge in [-0.2, -0.15) is 4.99 Å². The molecule has 0 atom stereocenters. The molecule has 0 spiro atoms. The number of isocyanates is 1. The largest absolute Gasteiger partial charge is 0.235 e. The molecular formula is C12H13NO. The Bertz CT molecular complexity index is 359. The maximum Gasteiger partial charge on any atom is 0.235 e. The average molecular weight is 187 g/mol. The SMILES string of the molecule is CC1CC(N=C=O)(c2ccccc2)C1. The van der Waals surface area contributed by atoms with Gasteiger partial charge in [-0.05, 0) is 24.3 Å². The molecule has 2 heteroatoms. The second-order valence-electron chi connectivity index (χ2n) is 4.11. The summed E-state index contributed by atoms with van der Waals surface area (Å²) in [7, 11) is 0. The second kappa shape index (κ2) is 3.39. The molecule has 1 aromatic rings. The minimum absolute atomic E-state index is 0.261. The van der Waals surface area contributed by atoms with Crippen LogP contribution in [0.3, 0.4) is 0 Å². The third-order valence-corrected chi connectivity index (χ3v) is 2.94. The molecule has 1 fully saturated rings. The Kier molecular flexibility index (Phi) is 2.22. The predicted molar refractivity (Wildman–Crippen MR) is 54.6 cm³/mol. The number of benzene rings is 1. The monoisotopic (exact) mass is 187 g/mol. The van der Waals surface area contributed by atoms with Crippen LogP contribution in [0.5, 0.6) is 0 Å². The van der Waals surface area contributed by atoms with E-state index in [9.17, 15) is 4.79 Å². The van der Waals surface area contributed by atoms with Crippen LogP contribution in [0.4, 0.5) is 0 Å². The zero-order chi connectivity index (χ0) is 10.0. The standard InChI is InChI=1S/C12H13NO/c1-10-7-12(8-10,13-9-14)11-5-3-2-4-6-11/h2-6,10H,7-8H2,1H3. The Hall–Kier alpha value is -1.40. The molecule has 1 saturated carbocycles. The minimum atomic E-state index is -0.261. The van der Waals surface area contributed by atoms with E-state index in [0.717, 1.165) is 18.4 Å². The van der Waals surface area contributed by atoms with Crippen LogP contribution in [0.15, 0.2) is 35.3 Å². The average Bonchev–Trinajstić information content (AvgIpc) is 2.17. The molecule has 0 unspecified atom stereocenters. The first kappa shape index (κ1) is 9.17. The van der Waals surface area contributed by atoms with Crippen molar-refractivity contribution in [1.29, 1.82) is 0 Å². The highest BCUT2D eigenvalue weighted by atomic mass is 16.1. The lowest BCUT2D eigenvalue weighted by molar-refractivity contribution is 0.166. The number of aliphatic imine (C=N–C) groups is 1. The first-order valence-corrected chi connectivity index (χ1v) is 4.91. The first-order chi connectivity index (χ1) is 6.77.